The lowest BCUT2D eigenvalue weighted by Crippen LogP contribution is -2.35. The minimum Gasteiger partial charge on any atom is -0.356 e. The van der Waals surface area contributed by atoms with E-state index in [1.807, 2.05) is 20.8 Å². The zero-order valence-electron chi connectivity index (χ0n) is 10.4. The van der Waals surface area contributed by atoms with Crippen molar-refractivity contribution in [3.63, 3.8) is 0 Å². The summed E-state index contributed by atoms with van der Waals surface area (Å²) in [6.45, 7) is 10.1. The molecule has 0 unspecified atom stereocenters. The van der Waals surface area contributed by atoms with Crippen LogP contribution in [0.4, 0.5) is 0 Å². The molecule has 0 aliphatic rings. The summed E-state index contributed by atoms with van der Waals surface area (Å²) >= 11 is 0. The topological polar surface area (TPSA) is 58.2 Å². The maximum atomic E-state index is 11.5. The first kappa shape index (κ1) is 14.7. The Balaban J connectivity index is 3.57. The Morgan fingerprint density at radius 1 is 1.25 bits per heavy atom. The molecule has 2 N–H and O–H groups in total. The predicted molar refractivity (Wildman–Crippen MR) is 64.9 cm³/mol. The Labute approximate surface area is 97.5 Å². The molecule has 0 fully saturated rings. The van der Waals surface area contributed by atoms with E-state index in [0.717, 1.165) is 0 Å². The number of rotatable bonds is 6. The number of carbonyl (C=O) groups excluding carboxylic acids is 2. The van der Waals surface area contributed by atoms with Gasteiger partial charge in [0.15, 0.2) is 0 Å². The van der Waals surface area contributed by atoms with Crippen molar-refractivity contribution in [3.05, 3.63) is 12.7 Å². The van der Waals surface area contributed by atoms with E-state index in [2.05, 4.69) is 17.2 Å². The average molecular weight is 226 g/mol. The van der Waals surface area contributed by atoms with Crippen LogP contribution in [0.1, 0.15) is 33.6 Å². The van der Waals surface area contributed by atoms with E-state index >= 15 is 0 Å². The lowest BCUT2D eigenvalue weighted by atomic mass is 9.96. The zero-order valence-corrected chi connectivity index (χ0v) is 10.4. The maximum Gasteiger partial charge on any atom is 0.225 e. The molecule has 0 radical (unpaired) electrons. The lowest BCUT2D eigenvalue weighted by Gasteiger charge is -2.17. The van der Waals surface area contributed by atoms with E-state index in [1.54, 1.807) is 6.08 Å². The Morgan fingerprint density at radius 3 is 2.38 bits per heavy atom. The molecule has 0 aromatic heterocycles. The molecule has 0 rings (SSSR count). The van der Waals surface area contributed by atoms with Crippen LogP contribution < -0.4 is 10.6 Å². The van der Waals surface area contributed by atoms with Crippen LogP contribution in [-0.4, -0.2) is 24.9 Å². The molecule has 0 bridgehead atoms. The van der Waals surface area contributed by atoms with Crippen molar-refractivity contribution in [3.8, 4) is 0 Å². The Bertz CT molecular complexity index is 254. The summed E-state index contributed by atoms with van der Waals surface area (Å²) in [6.07, 6.45) is 2.72. The van der Waals surface area contributed by atoms with Crippen molar-refractivity contribution in [1.29, 1.82) is 0 Å². The van der Waals surface area contributed by atoms with Gasteiger partial charge in [-0.1, -0.05) is 26.8 Å². The fourth-order valence-corrected chi connectivity index (χ4v) is 0.990. The number of amides is 2. The molecule has 92 valence electrons. The summed E-state index contributed by atoms with van der Waals surface area (Å²) in [4.78, 5) is 22.6. The second-order valence-electron chi connectivity index (χ2n) is 4.70. The molecule has 0 aliphatic heterocycles. The summed E-state index contributed by atoms with van der Waals surface area (Å²) in [5, 5.41) is 5.48. The summed E-state index contributed by atoms with van der Waals surface area (Å²) in [5.74, 6) is 0.00362. The van der Waals surface area contributed by atoms with Crippen molar-refractivity contribution in [2.75, 3.05) is 13.1 Å². The molecule has 0 spiro atoms. The van der Waals surface area contributed by atoms with Crippen molar-refractivity contribution < 1.29 is 9.59 Å². The predicted octanol–water partition coefficient (Wildman–Crippen LogP) is 1.23. The summed E-state index contributed by atoms with van der Waals surface area (Å²) in [5.41, 5.74) is -0.370. The highest BCUT2D eigenvalue weighted by Gasteiger charge is 2.20. The van der Waals surface area contributed by atoms with E-state index in [4.69, 9.17) is 0 Å². The monoisotopic (exact) mass is 226 g/mol. The largest absolute Gasteiger partial charge is 0.356 e. The summed E-state index contributed by atoms with van der Waals surface area (Å²) in [6, 6.07) is 0. The standard InChI is InChI=1S/C12H22N2O2/c1-5-8-13-10(15)7-6-9-14-11(16)12(2,3)4/h5H,1,6-9H2,2-4H3,(H,13,15)(H,14,16). The van der Waals surface area contributed by atoms with E-state index in [1.165, 1.54) is 0 Å². The number of carbonyl (C=O) groups is 2. The smallest absolute Gasteiger partial charge is 0.225 e. The number of hydrogen-bond acceptors (Lipinski definition) is 2. The molecule has 0 saturated heterocycles. The highest BCUT2D eigenvalue weighted by atomic mass is 16.2. The highest BCUT2D eigenvalue weighted by molar-refractivity contribution is 5.81. The molecule has 0 saturated carbocycles. The molecule has 0 atom stereocenters. The van der Waals surface area contributed by atoms with Gasteiger partial charge < -0.3 is 10.6 Å². The molecule has 0 aliphatic carbocycles. The van der Waals surface area contributed by atoms with Crippen LogP contribution in [-0.2, 0) is 9.59 Å². The van der Waals surface area contributed by atoms with Gasteiger partial charge in [0, 0.05) is 24.9 Å². The Kier molecular flexibility index (Phi) is 6.46. The second-order valence-corrected chi connectivity index (χ2v) is 4.70. The number of nitrogens with one attached hydrogen (secondary N) is 2. The maximum absolute atomic E-state index is 11.5. The van der Waals surface area contributed by atoms with Gasteiger partial charge in [-0.05, 0) is 6.42 Å². The van der Waals surface area contributed by atoms with Gasteiger partial charge >= 0.3 is 0 Å². The van der Waals surface area contributed by atoms with Gasteiger partial charge in [0.2, 0.25) is 11.8 Å². The first-order valence-corrected chi connectivity index (χ1v) is 5.54. The molecule has 4 nitrogen and oxygen atoms in total. The quantitative estimate of drug-likeness (QED) is 0.528. The summed E-state index contributed by atoms with van der Waals surface area (Å²) < 4.78 is 0. The number of hydrogen-bond donors (Lipinski definition) is 2. The van der Waals surface area contributed by atoms with E-state index in [-0.39, 0.29) is 17.2 Å². The van der Waals surface area contributed by atoms with Gasteiger partial charge in [-0.25, -0.2) is 0 Å². The minimum atomic E-state index is -0.370. The van der Waals surface area contributed by atoms with Crippen molar-refractivity contribution >= 4 is 11.8 Å². The third-order valence-electron chi connectivity index (χ3n) is 1.99. The first-order chi connectivity index (χ1) is 7.38. The molecular weight excluding hydrogens is 204 g/mol. The SMILES string of the molecule is C=CCNC(=O)CCCNC(=O)C(C)(C)C. The van der Waals surface area contributed by atoms with Crippen LogP contribution in [0.15, 0.2) is 12.7 Å². The van der Waals surface area contributed by atoms with Crippen LogP contribution >= 0.6 is 0 Å². The van der Waals surface area contributed by atoms with Crippen LogP contribution in [0.5, 0.6) is 0 Å². The van der Waals surface area contributed by atoms with Gasteiger partial charge in [-0.15, -0.1) is 6.58 Å². The molecule has 0 aromatic carbocycles. The fraction of sp³-hybridized carbons (Fsp3) is 0.667. The van der Waals surface area contributed by atoms with Crippen molar-refractivity contribution in [2.24, 2.45) is 5.41 Å². The third-order valence-corrected chi connectivity index (χ3v) is 1.99. The van der Waals surface area contributed by atoms with Gasteiger partial charge in [0.05, 0.1) is 0 Å². The highest BCUT2D eigenvalue weighted by Crippen LogP contribution is 2.12. The molecule has 0 aromatic rings. The van der Waals surface area contributed by atoms with Crippen LogP contribution in [0.25, 0.3) is 0 Å². The first-order valence-electron chi connectivity index (χ1n) is 5.54. The van der Waals surface area contributed by atoms with Gasteiger partial charge in [-0.3, -0.25) is 9.59 Å². The molecule has 4 heteroatoms. The Hall–Kier alpha value is -1.32. The van der Waals surface area contributed by atoms with Crippen LogP contribution in [0.3, 0.4) is 0 Å². The molecule has 2 amide bonds. The van der Waals surface area contributed by atoms with Crippen molar-refractivity contribution in [1.82, 2.24) is 10.6 Å². The normalized spacial score (nSPS) is 10.7. The molecular formula is C12H22N2O2. The van der Waals surface area contributed by atoms with Crippen LogP contribution in [0.2, 0.25) is 0 Å². The third kappa shape index (κ3) is 7.04. The average Bonchev–Trinajstić information content (AvgIpc) is 2.19. The van der Waals surface area contributed by atoms with Crippen LogP contribution in [0, 0.1) is 5.41 Å². The van der Waals surface area contributed by atoms with Gasteiger partial charge in [0.1, 0.15) is 0 Å². The van der Waals surface area contributed by atoms with E-state index in [0.29, 0.717) is 25.9 Å². The van der Waals surface area contributed by atoms with E-state index < -0.39 is 0 Å². The minimum absolute atomic E-state index is 0.00934. The fourth-order valence-electron chi connectivity index (χ4n) is 0.990. The van der Waals surface area contributed by atoms with Gasteiger partial charge in [-0.2, -0.15) is 0 Å². The second kappa shape index (κ2) is 7.04. The van der Waals surface area contributed by atoms with Crippen molar-refractivity contribution in [2.45, 2.75) is 33.6 Å². The zero-order chi connectivity index (χ0) is 12.6. The summed E-state index contributed by atoms with van der Waals surface area (Å²) in [7, 11) is 0. The van der Waals surface area contributed by atoms with E-state index in [9.17, 15) is 9.59 Å². The molecule has 0 heterocycles. The van der Waals surface area contributed by atoms with Gasteiger partial charge in [0.25, 0.3) is 0 Å². The lowest BCUT2D eigenvalue weighted by molar-refractivity contribution is -0.128. The Morgan fingerprint density at radius 2 is 1.88 bits per heavy atom. The molecule has 16 heavy (non-hydrogen) atoms.